The van der Waals surface area contributed by atoms with Crippen LogP contribution >= 0.6 is 0 Å². The number of benzene rings is 2. The molecule has 4 rings (SSSR count). The van der Waals surface area contributed by atoms with E-state index in [1.54, 1.807) is 24.3 Å². The van der Waals surface area contributed by atoms with E-state index < -0.39 is 9.84 Å². The van der Waals surface area contributed by atoms with E-state index in [-0.39, 0.29) is 0 Å². The van der Waals surface area contributed by atoms with E-state index >= 15 is 0 Å². The summed E-state index contributed by atoms with van der Waals surface area (Å²) in [6.07, 6.45) is 1.20. The lowest BCUT2D eigenvalue weighted by Crippen LogP contribution is -2.15. The van der Waals surface area contributed by atoms with Gasteiger partial charge in [0.1, 0.15) is 13.2 Å². The van der Waals surface area contributed by atoms with Gasteiger partial charge in [0, 0.05) is 24.9 Å². The predicted octanol–water partition coefficient (Wildman–Crippen LogP) is 2.35. The Bertz CT molecular complexity index is 983. The normalized spacial score (nSPS) is 13.8. The third-order valence-corrected chi connectivity index (χ3v) is 5.09. The standard InChI is InChI=1S/C17H17N3O4S/c1-25(21,22)12-4-2-11(3-5-12)10-18-17-19-13-8-15-16(9-14(13)20-17)24-7-6-23-15/h2-5,8-9H,6-7,10H2,1H3,(H2,18,19,20). The molecule has 0 bridgehead atoms. The van der Waals surface area contributed by atoms with Crippen LogP contribution in [0.2, 0.25) is 0 Å². The molecule has 25 heavy (non-hydrogen) atoms. The van der Waals surface area contributed by atoms with Crippen LogP contribution in [0, 0.1) is 0 Å². The highest BCUT2D eigenvalue weighted by atomic mass is 32.2. The fourth-order valence-corrected chi connectivity index (χ4v) is 3.30. The Kier molecular flexibility index (Phi) is 3.76. The van der Waals surface area contributed by atoms with Crippen molar-refractivity contribution in [1.29, 1.82) is 0 Å². The first-order valence-electron chi connectivity index (χ1n) is 7.81. The zero-order chi connectivity index (χ0) is 17.4. The monoisotopic (exact) mass is 359 g/mol. The summed E-state index contributed by atoms with van der Waals surface area (Å²) in [5, 5.41) is 3.20. The zero-order valence-electron chi connectivity index (χ0n) is 13.6. The maximum Gasteiger partial charge on any atom is 0.201 e. The largest absolute Gasteiger partial charge is 0.486 e. The van der Waals surface area contributed by atoms with Crippen molar-refractivity contribution in [3.05, 3.63) is 42.0 Å². The van der Waals surface area contributed by atoms with Gasteiger partial charge in [-0.05, 0) is 17.7 Å². The van der Waals surface area contributed by atoms with Crippen LogP contribution in [0.1, 0.15) is 5.56 Å². The molecule has 0 fully saturated rings. The van der Waals surface area contributed by atoms with Gasteiger partial charge in [-0.25, -0.2) is 13.4 Å². The van der Waals surface area contributed by atoms with E-state index in [0.29, 0.717) is 42.1 Å². The highest BCUT2D eigenvalue weighted by molar-refractivity contribution is 7.90. The quantitative estimate of drug-likeness (QED) is 0.743. The third-order valence-electron chi connectivity index (χ3n) is 3.96. The van der Waals surface area contributed by atoms with Gasteiger partial charge in [0.15, 0.2) is 21.3 Å². The summed E-state index contributed by atoms with van der Waals surface area (Å²) in [4.78, 5) is 8.00. The fourth-order valence-electron chi connectivity index (χ4n) is 2.67. The van der Waals surface area contributed by atoms with Crippen LogP contribution in [0.15, 0.2) is 41.3 Å². The van der Waals surface area contributed by atoms with E-state index in [9.17, 15) is 8.42 Å². The lowest BCUT2D eigenvalue weighted by atomic mass is 10.2. The van der Waals surface area contributed by atoms with E-state index in [1.807, 2.05) is 12.1 Å². The van der Waals surface area contributed by atoms with Crippen molar-refractivity contribution in [3.63, 3.8) is 0 Å². The van der Waals surface area contributed by atoms with Gasteiger partial charge in [0.05, 0.1) is 15.9 Å². The second kappa shape index (κ2) is 5.96. The predicted molar refractivity (Wildman–Crippen MR) is 94.0 cm³/mol. The molecule has 8 heteroatoms. The Morgan fingerprint density at radius 3 is 2.48 bits per heavy atom. The molecule has 0 atom stereocenters. The fraction of sp³-hybridized carbons (Fsp3) is 0.235. The van der Waals surface area contributed by atoms with Crippen LogP contribution < -0.4 is 14.8 Å². The average Bonchev–Trinajstić information content (AvgIpc) is 2.99. The Labute approximate surface area is 144 Å². The second-order valence-electron chi connectivity index (χ2n) is 5.87. The number of anilines is 1. The van der Waals surface area contributed by atoms with Crippen LogP contribution in [0.5, 0.6) is 11.5 Å². The van der Waals surface area contributed by atoms with Crippen molar-refractivity contribution < 1.29 is 17.9 Å². The zero-order valence-corrected chi connectivity index (χ0v) is 14.4. The first-order valence-corrected chi connectivity index (χ1v) is 9.70. The number of hydrogen-bond acceptors (Lipinski definition) is 6. The lowest BCUT2D eigenvalue weighted by molar-refractivity contribution is 0.172. The molecule has 0 amide bonds. The summed E-state index contributed by atoms with van der Waals surface area (Å²) < 4.78 is 34.1. The molecule has 7 nitrogen and oxygen atoms in total. The van der Waals surface area contributed by atoms with Gasteiger partial charge < -0.3 is 19.8 Å². The van der Waals surface area contributed by atoms with Crippen molar-refractivity contribution in [2.45, 2.75) is 11.4 Å². The van der Waals surface area contributed by atoms with Gasteiger partial charge in [-0.1, -0.05) is 12.1 Å². The number of fused-ring (bicyclic) bond motifs is 2. The molecule has 0 aliphatic carbocycles. The van der Waals surface area contributed by atoms with Gasteiger partial charge >= 0.3 is 0 Å². The molecule has 0 saturated carbocycles. The van der Waals surface area contributed by atoms with Crippen LogP contribution in [0.25, 0.3) is 11.0 Å². The molecule has 1 aromatic heterocycles. The van der Waals surface area contributed by atoms with Crippen LogP contribution in [-0.4, -0.2) is 37.9 Å². The topological polar surface area (TPSA) is 93.3 Å². The maximum absolute atomic E-state index is 11.5. The molecule has 2 heterocycles. The number of imidazole rings is 1. The molecule has 0 spiro atoms. The number of nitrogens with zero attached hydrogens (tertiary/aromatic N) is 1. The average molecular weight is 359 g/mol. The number of ether oxygens (including phenoxy) is 2. The highest BCUT2D eigenvalue weighted by Gasteiger charge is 2.14. The number of rotatable bonds is 4. The molecule has 3 aromatic rings. The first kappa shape index (κ1) is 15.8. The maximum atomic E-state index is 11.5. The number of H-pyrrole nitrogens is 1. The lowest BCUT2D eigenvalue weighted by Gasteiger charge is -2.17. The van der Waals surface area contributed by atoms with Crippen molar-refractivity contribution in [3.8, 4) is 11.5 Å². The van der Waals surface area contributed by atoms with Gasteiger partial charge in [-0.2, -0.15) is 0 Å². The number of sulfone groups is 1. The van der Waals surface area contributed by atoms with Crippen LogP contribution in [-0.2, 0) is 16.4 Å². The minimum atomic E-state index is -3.17. The highest BCUT2D eigenvalue weighted by Crippen LogP contribution is 2.34. The Hall–Kier alpha value is -2.74. The Morgan fingerprint density at radius 1 is 1.12 bits per heavy atom. The number of hydrogen-bond donors (Lipinski definition) is 2. The Balaban J connectivity index is 1.51. The minimum Gasteiger partial charge on any atom is -0.486 e. The minimum absolute atomic E-state index is 0.311. The van der Waals surface area contributed by atoms with Crippen molar-refractivity contribution in [1.82, 2.24) is 9.97 Å². The van der Waals surface area contributed by atoms with Crippen LogP contribution in [0.3, 0.4) is 0 Å². The molecule has 1 aliphatic rings. The Morgan fingerprint density at radius 2 is 1.80 bits per heavy atom. The van der Waals surface area contributed by atoms with Crippen molar-refractivity contribution in [2.75, 3.05) is 24.8 Å². The number of aromatic nitrogens is 2. The van der Waals surface area contributed by atoms with Gasteiger partial charge in [0.25, 0.3) is 0 Å². The van der Waals surface area contributed by atoms with E-state index in [2.05, 4.69) is 15.3 Å². The molecular formula is C17H17N3O4S. The second-order valence-corrected chi connectivity index (χ2v) is 7.88. The van der Waals surface area contributed by atoms with E-state index in [1.165, 1.54) is 6.26 Å². The molecule has 0 radical (unpaired) electrons. The summed E-state index contributed by atoms with van der Waals surface area (Å²) in [5.74, 6) is 2.04. The molecule has 0 unspecified atom stereocenters. The molecule has 2 aromatic carbocycles. The summed E-state index contributed by atoms with van der Waals surface area (Å²) in [5.41, 5.74) is 2.61. The molecule has 0 saturated heterocycles. The number of nitrogens with one attached hydrogen (secondary N) is 2. The van der Waals surface area contributed by atoms with Crippen molar-refractivity contribution >= 4 is 26.8 Å². The van der Waals surface area contributed by atoms with Crippen molar-refractivity contribution in [2.24, 2.45) is 0 Å². The summed E-state index contributed by atoms with van der Waals surface area (Å²) >= 11 is 0. The molecular weight excluding hydrogens is 342 g/mol. The van der Waals surface area contributed by atoms with Gasteiger partial charge in [-0.15, -0.1) is 0 Å². The smallest absolute Gasteiger partial charge is 0.201 e. The first-order chi connectivity index (χ1) is 12.0. The summed E-state index contributed by atoms with van der Waals surface area (Å²) in [6.45, 7) is 1.61. The number of aromatic amines is 1. The molecule has 130 valence electrons. The third kappa shape index (κ3) is 3.25. The van der Waals surface area contributed by atoms with Crippen LogP contribution in [0.4, 0.5) is 5.95 Å². The van der Waals surface area contributed by atoms with Gasteiger partial charge in [-0.3, -0.25) is 0 Å². The van der Waals surface area contributed by atoms with E-state index in [4.69, 9.17) is 9.47 Å². The summed E-state index contributed by atoms with van der Waals surface area (Å²) in [6, 6.07) is 10.5. The molecule has 1 aliphatic heterocycles. The SMILES string of the molecule is CS(=O)(=O)c1ccc(CNc2nc3cc4c(cc3[nH]2)OCCO4)cc1. The van der Waals surface area contributed by atoms with Gasteiger partial charge in [0.2, 0.25) is 5.95 Å². The van der Waals surface area contributed by atoms with E-state index in [0.717, 1.165) is 16.6 Å². The summed E-state index contributed by atoms with van der Waals surface area (Å²) in [7, 11) is -3.17. The molecule has 2 N–H and O–H groups in total.